The summed E-state index contributed by atoms with van der Waals surface area (Å²) in [5.74, 6) is 0. The second-order valence-electron chi connectivity index (χ2n) is 12.3. The summed E-state index contributed by atoms with van der Waals surface area (Å²) in [5, 5.41) is 0. The van der Waals surface area contributed by atoms with Gasteiger partial charge in [-0.15, -0.1) is 0 Å². The van der Waals surface area contributed by atoms with Crippen LogP contribution in [0.15, 0.2) is 157 Å². The second-order valence-corrected chi connectivity index (χ2v) is 12.3. The molecule has 46 heavy (non-hydrogen) atoms. The van der Waals surface area contributed by atoms with E-state index in [1.165, 1.54) is 55.6 Å². The van der Waals surface area contributed by atoms with E-state index >= 15 is 0 Å². The third-order valence-electron chi connectivity index (χ3n) is 9.01. The minimum Gasteiger partial charge on any atom is -0.349 e. The van der Waals surface area contributed by atoms with Gasteiger partial charge in [0.05, 0.1) is 5.71 Å². The molecule has 0 saturated carbocycles. The Morgan fingerprint density at radius 2 is 1.00 bits per heavy atom. The molecule has 6 aromatic rings. The highest BCUT2D eigenvalue weighted by Crippen LogP contribution is 2.39. The van der Waals surface area contributed by atoms with Crippen molar-refractivity contribution in [3.05, 3.63) is 185 Å². The van der Waals surface area contributed by atoms with Crippen LogP contribution in [-0.2, 0) is 0 Å². The summed E-state index contributed by atoms with van der Waals surface area (Å²) in [5.41, 5.74) is 16.8. The monoisotopic (exact) mass is 594 g/mol. The number of nitrogens with zero attached hydrogens (tertiary/aromatic N) is 2. The molecule has 0 bridgehead atoms. The molecule has 1 aliphatic rings. The van der Waals surface area contributed by atoms with Crippen molar-refractivity contribution in [3.63, 3.8) is 0 Å². The molecule has 0 N–H and O–H groups in total. The maximum Gasteiger partial charge on any atom is 0.147 e. The molecule has 0 amide bonds. The SMILES string of the molecule is Cc1ccc(-c2ccc(C3=CC(c4ccccc4)=NC(c4cc(-c5ccccc5)cc(-c5ccccc5)c4)N3C)cc2C)c(C)c1. The Bertz CT molecular complexity index is 2010. The Morgan fingerprint density at radius 1 is 0.478 bits per heavy atom. The van der Waals surface area contributed by atoms with Crippen LogP contribution in [0.2, 0.25) is 0 Å². The first-order valence-electron chi connectivity index (χ1n) is 16.0. The number of hydrogen-bond acceptors (Lipinski definition) is 2. The van der Waals surface area contributed by atoms with Gasteiger partial charge in [0, 0.05) is 12.7 Å². The first-order chi connectivity index (χ1) is 22.4. The molecule has 1 atom stereocenters. The highest BCUT2D eigenvalue weighted by Gasteiger charge is 2.26. The lowest BCUT2D eigenvalue weighted by Gasteiger charge is -2.34. The van der Waals surface area contributed by atoms with Crippen molar-refractivity contribution < 1.29 is 0 Å². The fourth-order valence-corrected chi connectivity index (χ4v) is 6.61. The first-order valence-corrected chi connectivity index (χ1v) is 16.0. The van der Waals surface area contributed by atoms with Crippen LogP contribution in [0.3, 0.4) is 0 Å². The van der Waals surface area contributed by atoms with Crippen molar-refractivity contribution in [2.45, 2.75) is 26.9 Å². The lowest BCUT2D eigenvalue weighted by Crippen LogP contribution is -2.27. The van der Waals surface area contributed by atoms with Crippen molar-refractivity contribution in [2.75, 3.05) is 7.05 Å². The van der Waals surface area contributed by atoms with E-state index in [9.17, 15) is 0 Å². The van der Waals surface area contributed by atoms with Gasteiger partial charge in [0.1, 0.15) is 6.17 Å². The average molecular weight is 595 g/mol. The molecule has 0 saturated heterocycles. The van der Waals surface area contributed by atoms with Crippen LogP contribution in [-0.4, -0.2) is 17.7 Å². The Balaban J connectivity index is 1.36. The number of hydrogen-bond donors (Lipinski definition) is 0. The molecule has 1 aliphatic heterocycles. The molecule has 0 aliphatic carbocycles. The van der Waals surface area contributed by atoms with Gasteiger partial charge in [-0.25, -0.2) is 0 Å². The summed E-state index contributed by atoms with van der Waals surface area (Å²) < 4.78 is 0. The molecule has 224 valence electrons. The zero-order chi connectivity index (χ0) is 31.6. The molecular weight excluding hydrogens is 556 g/mol. The summed E-state index contributed by atoms with van der Waals surface area (Å²) in [4.78, 5) is 7.75. The highest BCUT2D eigenvalue weighted by molar-refractivity contribution is 6.13. The number of aryl methyl sites for hydroxylation is 3. The first kappa shape index (κ1) is 29.3. The lowest BCUT2D eigenvalue weighted by atomic mass is 9.92. The molecule has 0 spiro atoms. The number of benzene rings is 6. The van der Waals surface area contributed by atoms with E-state index in [-0.39, 0.29) is 6.17 Å². The molecule has 6 aromatic carbocycles. The summed E-state index contributed by atoms with van der Waals surface area (Å²) >= 11 is 0. The van der Waals surface area contributed by atoms with Crippen LogP contribution in [0.1, 0.15) is 39.5 Å². The van der Waals surface area contributed by atoms with Gasteiger partial charge in [-0.2, -0.15) is 0 Å². The van der Waals surface area contributed by atoms with Gasteiger partial charge in [-0.3, -0.25) is 4.99 Å². The predicted octanol–water partition coefficient (Wildman–Crippen LogP) is 11.1. The molecule has 7 rings (SSSR count). The van der Waals surface area contributed by atoms with Gasteiger partial charge in [0.25, 0.3) is 0 Å². The predicted molar refractivity (Wildman–Crippen MR) is 195 cm³/mol. The van der Waals surface area contributed by atoms with Crippen molar-refractivity contribution in [1.82, 2.24) is 4.90 Å². The standard InChI is InChI=1S/C44H38N2/c1-30-20-22-40(31(2)24-30)41-23-21-36(25-32(41)3)43-29-42(35-18-12-7-13-19-35)45-44(46(43)4)39-27-37(33-14-8-5-9-15-33)26-38(28-39)34-16-10-6-11-17-34/h5-29,44H,1-4H3. The average Bonchev–Trinajstić information content (AvgIpc) is 3.10. The van der Waals surface area contributed by atoms with Crippen LogP contribution in [0.4, 0.5) is 0 Å². The van der Waals surface area contributed by atoms with Gasteiger partial charge in [0.2, 0.25) is 0 Å². The summed E-state index contributed by atoms with van der Waals surface area (Å²) in [6.45, 7) is 6.58. The molecular formula is C44H38N2. The van der Waals surface area contributed by atoms with Gasteiger partial charge in [-0.05, 0) is 112 Å². The fourth-order valence-electron chi connectivity index (χ4n) is 6.61. The van der Waals surface area contributed by atoms with Crippen molar-refractivity contribution >= 4 is 11.4 Å². The van der Waals surface area contributed by atoms with Crippen molar-refractivity contribution in [1.29, 1.82) is 0 Å². The molecule has 1 unspecified atom stereocenters. The molecule has 0 fully saturated rings. The summed E-state index contributed by atoms with van der Waals surface area (Å²) in [6, 6.07) is 52.4. The Labute approximate surface area is 273 Å². The van der Waals surface area contributed by atoms with Crippen LogP contribution >= 0.6 is 0 Å². The largest absolute Gasteiger partial charge is 0.349 e. The summed E-state index contributed by atoms with van der Waals surface area (Å²) in [7, 11) is 2.17. The van der Waals surface area contributed by atoms with Crippen LogP contribution in [0, 0.1) is 20.8 Å². The van der Waals surface area contributed by atoms with E-state index in [0.717, 1.165) is 22.5 Å². The Morgan fingerprint density at radius 3 is 1.54 bits per heavy atom. The van der Waals surface area contributed by atoms with Crippen LogP contribution in [0.5, 0.6) is 0 Å². The molecule has 0 aromatic heterocycles. The Kier molecular flexibility index (Phi) is 7.95. The normalized spacial score (nSPS) is 14.5. The van der Waals surface area contributed by atoms with Gasteiger partial charge < -0.3 is 4.90 Å². The fraction of sp³-hybridized carbons (Fsp3) is 0.114. The van der Waals surface area contributed by atoms with Crippen LogP contribution < -0.4 is 0 Å². The van der Waals surface area contributed by atoms with Gasteiger partial charge in [-0.1, -0.05) is 127 Å². The van der Waals surface area contributed by atoms with E-state index in [1.807, 2.05) is 0 Å². The zero-order valence-electron chi connectivity index (χ0n) is 26.9. The Hall–Kier alpha value is -5.47. The maximum absolute atomic E-state index is 5.42. The minimum absolute atomic E-state index is 0.208. The van der Waals surface area contributed by atoms with Crippen molar-refractivity contribution in [3.8, 4) is 33.4 Å². The number of rotatable bonds is 6. The van der Waals surface area contributed by atoms with E-state index in [4.69, 9.17) is 4.99 Å². The third kappa shape index (κ3) is 5.82. The third-order valence-corrected chi connectivity index (χ3v) is 9.01. The molecule has 2 nitrogen and oxygen atoms in total. The minimum atomic E-state index is -0.208. The molecule has 2 heteroatoms. The van der Waals surface area contributed by atoms with E-state index in [1.54, 1.807) is 0 Å². The highest BCUT2D eigenvalue weighted by atomic mass is 15.2. The molecule has 0 radical (unpaired) electrons. The summed E-state index contributed by atoms with van der Waals surface area (Å²) in [6.07, 6.45) is 2.04. The second kappa shape index (κ2) is 12.5. The van der Waals surface area contributed by atoms with E-state index < -0.39 is 0 Å². The number of aliphatic imine (C=N–C) groups is 1. The van der Waals surface area contributed by atoms with Crippen molar-refractivity contribution in [2.24, 2.45) is 4.99 Å². The maximum atomic E-state index is 5.42. The van der Waals surface area contributed by atoms with Gasteiger partial charge >= 0.3 is 0 Å². The topological polar surface area (TPSA) is 15.6 Å². The van der Waals surface area contributed by atoms with Crippen LogP contribution in [0.25, 0.3) is 39.1 Å². The smallest absolute Gasteiger partial charge is 0.147 e. The zero-order valence-corrected chi connectivity index (χ0v) is 26.9. The van der Waals surface area contributed by atoms with Gasteiger partial charge in [0.15, 0.2) is 0 Å². The number of allylic oxidation sites excluding steroid dienone is 1. The quantitative estimate of drug-likeness (QED) is 0.187. The molecule has 1 heterocycles. The van der Waals surface area contributed by atoms with E-state index in [0.29, 0.717) is 0 Å². The lowest BCUT2D eigenvalue weighted by molar-refractivity contribution is 0.364. The van der Waals surface area contributed by atoms with E-state index in [2.05, 4.69) is 184 Å².